The number of nitrogens with two attached hydrogens (primary N) is 2. The Labute approximate surface area is 191 Å². The van der Waals surface area contributed by atoms with Crippen molar-refractivity contribution in [1.29, 1.82) is 0 Å². The van der Waals surface area contributed by atoms with Crippen LogP contribution in [0.2, 0.25) is 0 Å². The first-order valence-electron chi connectivity index (χ1n) is 9.70. The van der Waals surface area contributed by atoms with Crippen LogP contribution >= 0.6 is 24.4 Å². The summed E-state index contributed by atoms with van der Waals surface area (Å²) in [7, 11) is 0. The lowest BCUT2D eigenvalue weighted by atomic mass is 10.0. The van der Waals surface area contributed by atoms with Crippen LogP contribution in [-0.4, -0.2) is 76.6 Å². The van der Waals surface area contributed by atoms with E-state index in [2.05, 4.69) is 28.6 Å². The summed E-state index contributed by atoms with van der Waals surface area (Å²) in [6.45, 7) is 3.63. The van der Waals surface area contributed by atoms with Crippen molar-refractivity contribution in [3.63, 3.8) is 0 Å². The van der Waals surface area contributed by atoms with Crippen molar-refractivity contribution in [3.05, 3.63) is 0 Å². The van der Waals surface area contributed by atoms with Gasteiger partial charge in [-0.3, -0.25) is 19.2 Å². The van der Waals surface area contributed by atoms with Gasteiger partial charge in [0.15, 0.2) is 0 Å². The SMILES string of the molecule is CSCCC(N)C(=O)NC(CS)C(=O)NC(CC(C)C)C(=O)NC(CC(N)=O)C(=O)O. The monoisotopic (exact) mass is 479 g/mol. The second kappa shape index (κ2) is 14.9. The molecule has 0 aromatic rings. The maximum absolute atomic E-state index is 12.7. The van der Waals surface area contributed by atoms with E-state index in [1.54, 1.807) is 0 Å². The number of carbonyl (C=O) groups excluding carboxylic acids is 4. The molecule has 0 aliphatic carbocycles. The van der Waals surface area contributed by atoms with Gasteiger partial charge in [-0.25, -0.2) is 4.79 Å². The molecule has 0 saturated heterocycles. The molecular formula is C18H33N5O6S2. The Balaban J connectivity index is 5.23. The molecule has 4 atom stereocenters. The average Bonchev–Trinajstić information content (AvgIpc) is 2.67. The third-order valence-electron chi connectivity index (χ3n) is 4.15. The van der Waals surface area contributed by atoms with E-state index in [1.165, 1.54) is 11.8 Å². The number of primary amides is 1. The predicted molar refractivity (Wildman–Crippen MR) is 122 cm³/mol. The Kier molecular flexibility index (Phi) is 14.0. The number of hydrogen-bond donors (Lipinski definition) is 7. The van der Waals surface area contributed by atoms with Gasteiger partial charge >= 0.3 is 5.97 Å². The summed E-state index contributed by atoms with van der Waals surface area (Å²) in [6.07, 6.45) is 1.92. The fraction of sp³-hybridized carbons (Fsp3) is 0.722. The first kappa shape index (κ1) is 29.0. The van der Waals surface area contributed by atoms with Crippen LogP contribution in [0.5, 0.6) is 0 Å². The Hall–Kier alpha value is -1.99. The van der Waals surface area contributed by atoms with Gasteiger partial charge in [-0.1, -0.05) is 13.8 Å². The van der Waals surface area contributed by atoms with Crippen molar-refractivity contribution in [2.24, 2.45) is 17.4 Å². The summed E-state index contributed by atoms with van der Waals surface area (Å²) in [5, 5.41) is 16.4. The van der Waals surface area contributed by atoms with E-state index in [0.717, 1.165) is 0 Å². The molecule has 4 unspecified atom stereocenters. The normalized spacial score (nSPS) is 14.8. The summed E-state index contributed by atoms with van der Waals surface area (Å²) < 4.78 is 0. The van der Waals surface area contributed by atoms with Crippen molar-refractivity contribution < 1.29 is 29.1 Å². The molecule has 31 heavy (non-hydrogen) atoms. The van der Waals surface area contributed by atoms with Gasteiger partial charge in [0.2, 0.25) is 23.6 Å². The smallest absolute Gasteiger partial charge is 0.326 e. The lowest BCUT2D eigenvalue weighted by Crippen LogP contribution is -2.58. The molecule has 13 heteroatoms. The second-order valence-corrected chi connectivity index (χ2v) is 8.74. The van der Waals surface area contributed by atoms with Gasteiger partial charge in [0, 0.05) is 5.75 Å². The molecule has 0 spiro atoms. The lowest BCUT2D eigenvalue weighted by Gasteiger charge is -2.25. The van der Waals surface area contributed by atoms with E-state index in [1.807, 2.05) is 20.1 Å². The molecule has 0 bridgehead atoms. The minimum absolute atomic E-state index is 0.0283. The van der Waals surface area contributed by atoms with Crippen molar-refractivity contribution in [2.45, 2.75) is 57.3 Å². The predicted octanol–water partition coefficient (Wildman–Crippen LogP) is -1.54. The summed E-state index contributed by atoms with van der Waals surface area (Å²) in [5.74, 6) is -3.67. The molecule has 178 valence electrons. The minimum atomic E-state index is -1.52. The van der Waals surface area contributed by atoms with E-state index in [0.29, 0.717) is 12.2 Å². The molecule has 0 rings (SSSR count). The molecule has 0 fully saturated rings. The number of thioether (sulfide) groups is 1. The van der Waals surface area contributed by atoms with E-state index in [9.17, 15) is 29.1 Å². The van der Waals surface area contributed by atoms with Gasteiger partial charge in [-0.05, 0) is 30.8 Å². The topological polar surface area (TPSA) is 194 Å². The maximum atomic E-state index is 12.7. The summed E-state index contributed by atoms with van der Waals surface area (Å²) in [6, 6.07) is -4.44. The molecule has 0 saturated carbocycles. The zero-order valence-corrected chi connectivity index (χ0v) is 19.6. The summed E-state index contributed by atoms with van der Waals surface area (Å²) in [4.78, 5) is 59.8. The number of thiol groups is 1. The van der Waals surface area contributed by atoms with Gasteiger partial charge in [-0.2, -0.15) is 24.4 Å². The number of rotatable bonds is 15. The Morgan fingerprint density at radius 1 is 0.968 bits per heavy atom. The number of carbonyl (C=O) groups is 5. The highest BCUT2D eigenvalue weighted by Crippen LogP contribution is 2.07. The molecule has 4 amide bonds. The second-order valence-electron chi connectivity index (χ2n) is 7.39. The van der Waals surface area contributed by atoms with Crippen LogP contribution in [0.3, 0.4) is 0 Å². The van der Waals surface area contributed by atoms with Crippen molar-refractivity contribution in [1.82, 2.24) is 16.0 Å². The van der Waals surface area contributed by atoms with Crippen LogP contribution in [0.1, 0.15) is 33.1 Å². The molecule has 0 aromatic heterocycles. The number of hydrogen-bond acceptors (Lipinski definition) is 8. The number of carboxylic acids is 1. The average molecular weight is 480 g/mol. The molecule has 0 aromatic carbocycles. The highest BCUT2D eigenvalue weighted by atomic mass is 32.2. The quantitative estimate of drug-likeness (QED) is 0.137. The van der Waals surface area contributed by atoms with Crippen LogP contribution in [-0.2, 0) is 24.0 Å². The van der Waals surface area contributed by atoms with Crippen LogP contribution in [0.4, 0.5) is 0 Å². The maximum Gasteiger partial charge on any atom is 0.326 e. The van der Waals surface area contributed by atoms with E-state index in [-0.39, 0.29) is 18.1 Å². The number of carboxylic acid groups (broad SMARTS) is 1. The van der Waals surface area contributed by atoms with Crippen molar-refractivity contribution in [2.75, 3.05) is 17.8 Å². The van der Waals surface area contributed by atoms with Gasteiger partial charge in [0.1, 0.15) is 18.1 Å². The fourth-order valence-electron chi connectivity index (χ4n) is 2.50. The van der Waals surface area contributed by atoms with Crippen LogP contribution in [0.15, 0.2) is 0 Å². The molecule has 0 aliphatic rings. The first-order valence-corrected chi connectivity index (χ1v) is 11.7. The third kappa shape index (κ3) is 11.8. The summed E-state index contributed by atoms with van der Waals surface area (Å²) in [5.41, 5.74) is 10.8. The largest absolute Gasteiger partial charge is 0.480 e. The zero-order valence-electron chi connectivity index (χ0n) is 17.9. The van der Waals surface area contributed by atoms with Gasteiger partial charge < -0.3 is 32.5 Å². The highest BCUT2D eigenvalue weighted by molar-refractivity contribution is 7.98. The van der Waals surface area contributed by atoms with Crippen molar-refractivity contribution >= 4 is 54.0 Å². The molecule has 8 N–H and O–H groups in total. The minimum Gasteiger partial charge on any atom is -0.480 e. The van der Waals surface area contributed by atoms with Crippen LogP contribution in [0, 0.1) is 5.92 Å². The molecule has 0 aliphatic heterocycles. The fourth-order valence-corrected chi connectivity index (χ4v) is 3.24. The molecule has 11 nitrogen and oxygen atoms in total. The van der Waals surface area contributed by atoms with Gasteiger partial charge in [0.25, 0.3) is 0 Å². The number of nitrogens with one attached hydrogen (secondary N) is 3. The third-order valence-corrected chi connectivity index (χ3v) is 5.15. The number of amides is 4. The summed E-state index contributed by atoms with van der Waals surface area (Å²) >= 11 is 5.62. The Bertz CT molecular complexity index is 649. The van der Waals surface area contributed by atoms with E-state index < -0.39 is 60.2 Å². The van der Waals surface area contributed by atoms with E-state index >= 15 is 0 Å². The molecular weight excluding hydrogens is 446 g/mol. The standard InChI is InChI=1S/C18H33N5O6S2/c1-9(2)6-11(16(26)22-12(18(28)29)7-14(20)24)21-17(27)13(8-30)23-15(25)10(19)4-5-31-3/h9-13,30H,4-8,19H2,1-3H3,(H2,20,24)(H,21,27)(H,22,26)(H,23,25)(H,28,29). The van der Waals surface area contributed by atoms with Crippen LogP contribution < -0.4 is 27.4 Å². The van der Waals surface area contributed by atoms with Gasteiger partial charge in [0.05, 0.1) is 12.5 Å². The Morgan fingerprint density at radius 3 is 1.94 bits per heavy atom. The number of aliphatic carboxylic acids is 1. The van der Waals surface area contributed by atoms with Gasteiger partial charge in [-0.15, -0.1) is 0 Å². The highest BCUT2D eigenvalue weighted by Gasteiger charge is 2.30. The Morgan fingerprint density at radius 2 is 1.48 bits per heavy atom. The molecule has 0 heterocycles. The van der Waals surface area contributed by atoms with E-state index in [4.69, 9.17) is 11.5 Å². The molecule has 0 radical (unpaired) electrons. The van der Waals surface area contributed by atoms with Crippen molar-refractivity contribution in [3.8, 4) is 0 Å². The lowest BCUT2D eigenvalue weighted by molar-refractivity contribution is -0.143. The first-order chi connectivity index (χ1) is 14.4. The van der Waals surface area contributed by atoms with Crippen LogP contribution in [0.25, 0.3) is 0 Å². The zero-order chi connectivity index (χ0) is 24.1.